The smallest absolute Gasteiger partial charge is 0.331 e. The summed E-state index contributed by atoms with van der Waals surface area (Å²) in [5, 5.41) is 8.14. The lowest BCUT2D eigenvalue weighted by Gasteiger charge is -2.03. The van der Waals surface area contributed by atoms with Gasteiger partial charge >= 0.3 is 11.9 Å². The minimum absolute atomic E-state index is 0.0838. The van der Waals surface area contributed by atoms with E-state index in [1.165, 1.54) is 0 Å². The molecule has 0 spiro atoms. The van der Waals surface area contributed by atoms with E-state index in [4.69, 9.17) is 20.8 Å². The van der Waals surface area contributed by atoms with Gasteiger partial charge in [0.1, 0.15) is 0 Å². The lowest BCUT2D eigenvalue weighted by atomic mass is 9.69. The molecule has 66 valence electrons. The van der Waals surface area contributed by atoms with Gasteiger partial charge in [-0.05, 0) is 6.42 Å². The van der Waals surface area contributed by atoms with Crippen molar-refractivity contribution in [2.24, 2.45) is 0 Å². The third-order valence-corrected chi connectivity index (χ3v) is 1.06. The second-order valence-electron chi connectivity index (χ2n) is 2.29. The van der Waals surface area contributed by atoms with E-state index in [0.717, 1.165) is 6.08 Å². The molecule has 0 fully saturated rings. The minimum atomic E-state index is -1.20. The molecule has 0 amide bonds. The summed E-state index contributed by atoms with van der Waals surface area (Å²) >= 11 is 0. The van der Waals surface area contributed by atoms with E-state index in [1.54, 1.807) is 0 Å². The Bertz CT molecular complexity index is 213. The van der Waals surface area contributed by atoms with Gasteiger partial charge in [-0.25, -0.2) is 9.59 Å². The summed E-state index contributed by atoms with van der Waals surface area (Å²) in [4.78, 5) is 20.6. The predicted octanol–water partition coefficient (Wildman–Crippen LogP) is -0.357. The van der Waals surface area contributed by atoms with Crippen LogP contribution in [0.4, 0.5) is 0 Å². The van der Waals surface area contributed by atoms with Gasteiger partial charge in [0.25, 0.3) is 0 Å². The highest BCUT2D eigenvalue weighted by molar-refractivity contribution is 6.35. The lowest BCUT2D eigenvalue weighted by Crippen LogP contribution is -2.05. The van der Waals surface area contributed by atoms with Crippen LogP contribution in [0.15, 0.2) is 12.2 Å². The molecular weight excluding hydrogens is 170 g/mol. The van der Waals surface area contributed by atoms with Crippen LogP contribution in [0, 0.1) is 0 Å². The summed E-state index contributed by atoms with van der Waals surface area (Å²) in [6, 6.07) is 0. The molecule has 1 N–H and O–H groups in total. The highest BCUT2D eigenvalue weighted by Gasteiger charge is 1.99. The fourth-order valence-electron chi connectivity index (χ4n) is 0.483. The molecule has 4 radical (unpaired) electrons. The number of carboxylic acids is 1. The maximum Gasteiger partial charge on any atom is 0.331 e. The molecule has 0 aliphatic carbocycles. The Hall–Kier alpha value is -1.19. The van der Waals surface area contributed by atoms with E-state index >= 15 is 0 Å². The Kier molecular flexibility index (Phi) is 5.76. The van der Waals surface area contributed by atoms with Crippen molar-refractivity contribution in [3.63, 3.8) is 0 Å². The summed E-state index contributed by atoms with van der Waals surface area (Å²) in [5.74, 6) is -1.92. The molecule has 0 saturated carbocycles. The molecule has 0 bridgehead atoms. The van der Waals surface area contributed by atoms with E-state index in [2.05, 4.69) is 4.74 Å². The summed E-state index contributed by atoms with van der Waals surface area (Å²) in [6.07, 6.45) is 1.86. The Balaban J connectivity index is 3.58. The van der Waals surface area contributed by atoms with Crippen molar-refractivity contribution >= 4 is 27.6 Å². The van der Waals surface area contributed by atoms with E-state index in [1.807, 2.05) is 0 Å². The van der Waals surface area contributed by atoms with E-state index in [-0.39, 0.29) is 6.61 Å². The first-order chi connectivity index (χ1) is 6.02. The van der Waals surface area contributed by atoms with Gasteiger partial charge in [-0.2, -0.15) is 0 Å². The van der Waals surface area contributed by atoms with Crippen molar-refractivity contribution in [2.75, 3.05) is 6.61 Å². The molecular formula is C7H8B2O4. The van der Waals surface area contributed by atoms with Crippen LogP contribution in [0.3, 0.4) is 0 Å². The molecule has 0 aromatic heterocycles. The Morgan fingerprint density at radius 1 is 1.38 bits per heavy atom. The summed E-state index contributed by atoms with van der Waals surface area (Å²) in [7, 11) is 10.4. The van der Waals surface area contributed by atoms with E-state index < -0.39 is 17.7 Å². The van der Waals surface area contributed by atoms with Crippen molar-refractivity contribution in [3.8, 4) is 0 Å². The maximum atomic E-state index is 10.7. The Labute approximate surface area is 78.8 Å². The monoisotopic (exact) mass is 178 g/mol. The van der Waals surface area contributed by atoms with Crippen LogP contribution in [0.5, 0.6) is 0 Å². The van der Waals surface area contributed by atoms with Crippen molar-refractivity contribution in [2.45, 2.75) is 12.1 Å². The normalized spacial score (nSPS) is 10.5. The van der Waals surface area contributed by atoms with Crippen LogP contribution in [-0.4, -0.2) is 39.3 Å². The molecule has 0 saturated heterocycles. The number of hydrogen-bond acceptors (Lipinski definition) is 3. The summed E-state index contributed by atoms with van der Waals surface area (Å²) < 4.78 is 4.55. The molecule has 0 rings (SSSR count). The minimum Gasteiger partial charge on any atom is -0.478 e. The van der Waals surface area contributed by atoms with Crippen molar-refractivity contribution in [1.29, 1.82) is 0 Å². The van der Waals surface area contributed by atoms with Gasteiger partial charge < -0.3 is 9.84 Å². The second-order valence-corrected chi connectivity index (χ2v) is 2.29. The SMILES string of the molecule is [B]C([B])CCOC(=O)/C=C/C(=O)O. The zero-order chi connectivity index (χ0) is 10.3. The number of rotatable bonds is 5. The molecule has 0 atom stereocenters. The third kappa shape index (κ3) is 8.72. The fourth-order valence-corrected chi connectivity index (χ4v) is 0.483. The lowest BCUT2D eigenvalue weighted by molar-refractivity contribution is -0.138. The van der Waals surface area contributed by atoms with Gasteiger partial charge in [0, 0.05) is 12.2 Å². The second kappa shape index (κ2) is 6.34. The molecule has 0 aliphatic heterocycles. The predicted molar refractivity (Wildman–Crippen MR) is 47.6 cm³/mol. The topological polar surface area (TPSA) is 63.6 Å². The van der Waals surface area contributed by atoms with Crippen LogP contribution in [-0.2, 0) is 14.3 Å². The molecule has 13 heavy (non-hydrogen) atoms. The van der Waals surface area contributed by atoms with Crippen LogP contribution in [0.25, 0.3) is 0 Å². The number of hydrogen-bond donors (Lipinski definition) is 1. The average molecular weight is 178 g/mol. The van der Waals surface area contributed by atoms with Crippen molar-refractivity contribution < 1.29 is 19.4 Å². The van der Waals surface area contributed by atoms with Crippen molar-refractivity contribution in [1.82, 2.24) is 0 Å². The maximum absolute atomic E-state index is 10.7. The van der Waals surface area contributed by atoms with Crippen LogP contribution in [0.2, 0.25) is 5.72 Å². The van der Waals surface area contributed by atoms with Crippen LogP contribution >= 0.6 is 0 Å². The molecule has 0 unspecified atom stereocenters. The number of esters is 1. The van der Waals surface area contributed by atoms with Gasteiger partial charge in [0.2, 0.25) is 0 Å². The summed E-state index contributed by atoms with van der Waals surface area (Å²) in [6.45, 7) is 0.0838. The highest BCUT2D eigenvalue weighted by atomic mass is 16.5. The first-order valence-electron chi connectivity index (χ1n) is 3.61. The van der Waals surface area contributed by atoms with Gasteiger partial charge in [0.05, 0.1) is 22.3 Å². The molecule has 6 heteroatoms. The van der Waals surface area contributed by atoms with Gasteiger partial charge in [-0.3, -0.25) is 0 Å². The summed E-state index contributed by atoms with van der Waals surface area (Å²) in [5.41, 5.74) is -0.531. The largest absolute Gasteiger partial charge is 0.478 e. The van der Waals surface area contributed by atoms with Crippen LogP contribution < -0.4 is 0 Å². The van der Waals surface area contributed by atoms with E-state index in [0.29, 0.717) is 12.5 Å². The first-order valence-corrected chi connectivity index (χ1v) is 3.61. The zero-order valence-electron chi connectivity index (χ0n) is 6.97. The van der Waals surface area contributed by atoms with Gasteiger partial charge in [0.15, 0.2) is 0 Å². The molecule has 0 heterocycles. The Morgan fingerprint density at radius 2 is 2.00 bits per heavy atom. The highest BCUT2D eigenvalue weighted by Crippen LogP contribution is 1.98. The number of carboxylic acid groups (broad SMARTS) is 1. The quantitative estimate of drug-likeness (QED) is 0.354. The number of ether oxygens (including phenoxy) is 1. The third-order valence-electron chi connectivity index (χ3n) is 1.06. The molecule has 0 aliphatic rings. The molecule has 0 aromatic carbocycles. The van der Waals surface area contributed by atoms with Gasteiger partial charge in [-0.15, -0.1) is 5.72 Å². The average Bonchev–Trinajstić information content (AvgIpc) is 2.00. The van der Waals surface area contributed by atoms with Gasteiger partial charge in [-0.1, -0.05) is 0 Å². The fraction of sp³-hybridized carbons (Fsp3) is 0.429. The molecule has 4 nitrogen and oxygen atoms in total. The van der Waals surface area contributed by atoms with E-state index in [9.17, 15) is 9.59 Å². The van der Waals surface area contributed by atoms with Crippen LogP contribution in [0.1, 0.15) is 6.42 Å². The number of aliphatic carboxylic acids is 1. The Morgan fingerprint density at radius 3 is 2.46 bits per heavy atom. The first kappa shape index (κ1) is 11.8. The zero-order valence-corrected chi connectivity index (χ0v) is 6.97. The van der Waals surface area contributed by atoms with Crippen molar-refractivity contribution in [3.05, 3.63) is 12.2 Å². The standard InChI is InChI=1S/C7H8B2O4/c8-5(9)3-4-13-7(12)2-1-6(10)11/h1-2,5H,3-4H2,(H,10,11)/b2-1+. The molecule has 0 aromatic rings. The number of carbonyl (C=O) groups excluding carboxylic acids is 1. The number of carbonyl (C=O) groups is 2.